The summed E-state index contributed by atoms with van der Waals surface area (Å²) in [6.45, 7) is 0.763. The molecule has 0 radical (unpaired) electrons. The number of nitrogens with zero attached hydrogens (tertiary/aromatic N) is 2. The summed E-state index contributed by atoms with van der Waals surface area (Å²) in [5.41, 5.74) is 1.99. The molecule has 0 amide bonds. The highest BCUT2D eigenvalue weighted by Crippen LogP contribution is 2.40. The molecule has 0 unspecified atom stereocenters. The molecule has 3 nitrogen and oxygen atoms in total. The number of likely N-dealkylation sites (N-methyl/N-ethyl adjacent to an activating group) is 1. The number of unbranched alkanes of at least 4 members (excludes halogenated alkanes) is 1. The Balaban J connectivity index is 2.22. The molecule has 0 fully saturated rings. The minimum Gasteiger partial charge on any atom is -0.391 e. The molecule has 2 rings (SSSR count). The second-order valence-electron chi connectivity index (χ2n) is 4.91. The highest BCUT2D eigenvalue weighted by molar-refractivity contribution is 6.35. The predicted molar refractivity (Wildman–Crippen MR) is 76.4 cm³/mol. The van der Waals surface area contributed by atoms with Gasteiger partial charge in [0.15, 0.2) is 0 Å². The SMILES string of the molecule is CN(CCCC#N)[C@@H]1c2cc(Cl)cc(Cl)c2C[C@H]1O. The standard InChI is InChI=1S/C14H16Cl2N2O/c1-18(5-3-2-4-17)14-11-6-9(15)7-12(16)10(11)8-13(14)19/h6-7,13-14,19H,2-3,5,8H2,1H3/t13-,14-/m1/s1. The van der Waals surface area contributed by atoms with Crippen molar-refractivity contribution in [2.24, 2.45) is 0 Å². The van der Waals surface area contributed by atoms with E-state index in [1.54, 1.807) is 6.07 Å². The Labute approximate surface area is 123 Å². The lowest BCUT2D eigenvalue weighted by Crippen LogP contribution is -2.31. The number of nitriles is 1. The fraction of sp³-hybridized carbons (Fsp3) is 0.500. The molecule has 0 spiro atoms. The maximum Gasteiger partial charge on any atom is 0.0777 e. The quantitative estimate of drug-likeness (QED) is 0.869. The van der Waals surface area contributed by atoms with Gasteiger partial charge in [0.05, 0.1) is 18.2 Å². The number of halogens is 2. The minimum atomic E-state index is -0.474. The first-order valence-electron chi connectivity index (χ1n) is 6.27. The van der Waals surface area contributed by atoms with Crippen LogP contribution >= 0.6 is 23.2 Å². The zero-order chi connectivity index (χ0) is 14.0. The van der Waals surface area contributed by atoms with Crippen LogP contribution in [-0.4, -0.2) is 29.7 Å². The van der Waals surface area contributed by atoms with Crippen molar-refractivity contribution in [2.45, 2.75) is 31.4 Å². The first-order valence-corrected chi connectivity index (χ1v) is 7.03. The topological polar surface area (TPSA) is 47.3 Å². The highest BCUT2D eigenvalue weighted by atomic mass is 35.5. The first kappa shape index (κ1) is 14.6. The third-order valence-electron chi connectivity index (χ3n) is 3.57. The summed E-state index contributed by atoms with van der Waals surface area (Å²) in [5.74, 6) is 0. The molecule has 1 aromatic carbocycles. The van der Waals surface area contributed by atoms with Crippen molar-refractivity contribution in [1.82, 2.24) is 4.90 Å². The molecule has 0 heterocycles. The fourth-order valence-corrected chi connectivity index (χ4v) is 3.29. The molecule has 1 aromatic rings. The molecule has 5 heteroatoms. The second-order valence-corrected chi connectivity index (χ2v) is 5.76. The molecule has 19 heavy (non-hydrogen) atoms. The lowest BCUT2D eigenvalue weighted by atomic mass is 10.1. The summed E-state index contributed by atoms with van der Waals surface area (Å²) in [4.78, 5) is 2.07. The Morgan fingerprint density at radius 3 is 2.89 bits per heavy atom. The van der Waals surface area contributed by atoms with Crippen LogP contribution < -0.4 is 0 Å². The zero-order valence-corrected chi connectivity index (χ0v) is 12.2. The van der Waals surface area contributed by atoms with Crippen molar-refractivity contribution in [1.29, 1.82) is 5.26 Å². The Morgan fingerprint density at radius 2 is 2.21 bits per heavy atom. The van der Waals surface area contributed by atoms with Gasteiger partial charge in [-0.3, -0.25) is 4.90 Å². The van der Waals surface area contributed by atoms with Crippen molar-refractivity contribution in [3.63, 3.8) is 0 Å². The summed E-state index contributed by atoms with van der Waals surface area (Å²) < 4.78 is 0. The molecule has 0 aliphatic heterocycles. The van der Waals surface area contributed by atoms with E-state index in [-0.39, 0.29) is 6.04 Å². The third kappa shape index (κ3) is 3.04. The monoisotopic (exact) mass is 298 g/mol. The largest absolute Gasteiger partial charge is 0.391 e. The van der Waals surface area contributed by atoms with E-state index in [0.717, 1.165) is 24.1 Å². The summed E-state index contributed by atoms with van der Waals surface area (Å²) >= 11 is 12.2. The van der Waals surface area contributed by atoms with E-state index in [1.807, 2.05) is 13.1 Å². The normalized spacial score (nSPS) is 21.5. The number of aliphatic hydroxyl groups is 1. The van der Waals surface area contributed by atoms with Crippen LogP contribution in [0.25, 0.3) is 0 Å². The van der Waals surface area contributed by atoms with Gasteiger partial charge in [0.2, 0.25) is 0 Å². The van der Waals surface area contributed by atoms with Gasteiger partial charge >= 0.3 is 0 Å². The maximum atomic E-state index is 10.2. The predicted octanol–water partition coefficient (Wildman–Crippen LogP) is 3.19. The van der Waals surface area contributed by atoms with E-state index in [0.29, 0.717) is 22.9 Å². The van der Waals surface area contributed by atoms with Crippen LogP contribution in [-0.2, 0) is 6.42 Å². The molecule has 0 saturated carbocycles. The number of hydrogen-bond donors (Lipinski definition) is 1. The number of hydrogen-bond acceptors (Lipinski definition) is 3. The van der Waals surface area contributed by atoms with E-state index >= 15 is 0 Å². The van der Waals surface area contributed by atoms with E-state index < -0.39 is 6.10 Å². The van der Waals surface area contributed by atoms with Gasteiger partial charge in [-0.1, -0.05) is 23.2 Å². The van der Waals surface area contributed by atoms with Gasteiger partial charge in [-0.25, -0.2) is 0 Å². The molecular formula is C14H16Cl2N2O. The van der Waals surface area contributed by atoms with Crippen LogP contribution in [0, 0.1) is 11.3 Å². The Hall–Kier alpha value is -0.790. The summed E-state index contributed by atoms with van der Waals surface area (Å²) in [7, 11) is 1.95. The van der Waals surface area contributed by atoms with Gasteiger partial charge in [0, 0.05) is 22.9 Å². The molecule has 102 valence electrons. The molecule has 1 N–H and O–H groups in total. The molecule has 0 saturated heterocycles. The fourth-order valence-electron chi connectivity index (χ4n) is 2.71. The number of aliphatic hydroxyl groups excluding tert-OH is 1. The van der Waals surface area contributed by atoms with Crippen LogP contribution in [0.3, 0.4) is 0 Å². The number of benzene rings is 1. The zero-order valence-electron chi connectivity index (χ0n) is 10.7. The number of fused-ring (bicyclic) bond motifs is 1. The van der Waals surface area contributed by atoms with Gasteiger partial charge in [-0.2, -0.15) is 5.26 Å². The van der Waals surface area contributed by atoms with E-state index in [2.05, 4.69) is 11.0 Å². The van der Waals surface area contributed by atoms with E-state index in [9.17, 15) is 5.11 Å². The molecule has 0 aromatic heterocycles. The van der Waals surface area contributed by atoms with Crippen LogP contribution in [0.15, 0.2) is 12.1 Å². The van der Waals surface area contributed by atoms with Crippen molar-refractivity contribution in [3.05, 3.63) is 33.3 Å². The van der Waals surface area contributed by atoms with Crippen molar-refractivity contribution in [2.75, 3.05) is 13.6 Å². The lowest BCUT2D eigenvalue weighted by Gasteiger charge is -2.27. The van der Waals surface area contributed by atoms with Gasteiger partial charge in [-0.15, -0.1) is 0 Å². The second kappa shape index (κ2) is 6.11. The summed E-state index contributed by atoms with van der Waals surface area (Å²) in [6.07, 6.45) is 1.40. The van der Waals surface area contributed by atoms with E-state index in [4.69, 9.17) is 28.5 Å². The van der Waals surface area contributed by atoms with Gasteiger partial charge in [-0.05, 0) is 43.3 Å². The molecule has 1 aliphatic carbocycles. The lowest BCUT2D eigenvalue weighted by molar-refractivity contribution is 0.0760. The number of rotatable bonds is 4. The molecule has 2 atom stereocenters. The van der Waals surface area contributed by atoms with Gasteiger partial charge in [0.1, 0.15) is 0 Å². The smallest absolute Gasteiger partial charge is 0.0777 e. The van der Waals surface area contributed by atoms with Crippen molar-refractivity contribution < 1.29 is 5.11 Å². The molecule has 1 aliphatic rings. The van der Waals surface area contributed by atoms with Gasteiger partial charge in [0.25, 0.3) is 0 Å². The third-order valence-corrected chi connectivity index (χ3v) is 4.12. The average Bonchev–Trinajstić information content (AvgIpc) is 2.66. The van der Waals surface area contributed by atoms with Crippen LogP contribution in [0.1, 0.15) is 30.0 Å². The van der Waals surface area contributed by atoms with Crippen molar-refractivity contribution in [3.8, 4) is 6.07 Å². The van der Waals surface area contributed by atoms with Crippen LogP contribution in [0.5, 0.6) is 0 Å². The average molecular weight is 299 g/mol. The van der Waals surface area contributed by atoms with Crippen LogP contribution in [0.4, 0.5) is 0 Å². The molecule has 0 bridgehead atoms. The Bertz CT molecular complexity index is 513. The Kier molecular flexibility index (Phi) is 4.70. The first-order chi connectivity index (χ1) is 9.04. The molecular weight excluding hydrogens is 283 g/mol. The summed E-state index contributed by atoms with van der Waals surface area (Å²) in [5, 5.41) is 20.0. The Morgan fingerprint density at radius 1 is 1.47 bits per heavy atom. The van der Waals surface area contributed by atoms with E-state index in [1.165, 1.54) is 0 Å². The van der Waals surface area contributed by atoms with Crippen molar-refractivity contribution >= 4 is 23.2 Å². The van der Waals surface area contributed by atoms with Gasteiger partial charge < -0.3 is 5.11 Å². The minimum absolute atomic E-state index is 0.0927. The highest BCUT2D eigenvalue weighted by Gasteiger charge is 2.35. The van der Waals surface area contributed by atoms with Crippen LogP contribution in [0.2, 0.25) is 10.0 Å². The maximum absolute atomic E-state index is 10.2. The summed E-state index contributed by atoms with van der Waals surface area (Å²) in [6, 6.07) is 5.63.